The highest BCUT2D eigenvalue weighted by Crippen LogP contribution is 2.27. The summed E-state index contributed by atoms with van der Waals surface area (Å²) >= 11 is 0. The molecule has 0 aliphatic carbocycles. The van der Waals surface area contributed by atoms with Crippen molar-refractivity contribution in [3.05, 3.63) is 28.3 Å². The number of halogens is 3. The molecule has 0 aliphatic rings. The number of nitro benzene ring substituents is 1. The number of ether oxygens (including phenoxy) is 1. The topological polar surface area (TPSA) is 64.4 Å². The van der Waals surface area contributed by atoms with E-state index in [2.05, 4.69) is 5.32 Å². The summed E-state index contributed by atoms with van der Waals surface area (Å²) in [7, 11) is 0. The van der Waals surface area contributed by atoms with Gasteiger partial charge in [-0.3, -0.25) is 10.1 Å². The first-order chi connectivity index (χ1) is 8.81. The number of nitro groups is 1. The number of nitrogens with one attached hydrogen (secondary N) is 1. The third kappa shape index (κ3) is 5.45. The maximum atomic E-state index is 12.0. The molecule has 106 valence electrons. The maximum absolute atomic E-state index is 12.0. The molecule has 8 heteroatoms. The van der Waals surface area contributed by atoms with Gasteiger partial charge >= 0.3 is 6.18 Å². The second-order valence-electron chi connectivity index (χ2n) is 3.70. The summed E-state index contributed by atoms with van der Waals surface area (Å²) < 4.78 is 41.1. The van der Waals surface area contributed by atoms with Crippen molar-refractivity contribution < 1.29 is 22.8 Å². The van der Waals surface area contributed by atoms with Crippen LogP contribution in [-0.4, -0.2) is 24.3 Å². The van der Waals surface area contributed by atoms with Gasteiger partial charge in [-0.25, -0.2) is 0 Å². The van der Waals surface area contributed by atoms with Crippen molar-refractivity contribution in [3.63, 3.8) is 0 Å². The Morgan fingerprint density at radius 2 is 2.05 bits per heavy atom. The average Bonchev–Trinajstić information content (AvgIpc) is 2.27. The van der Waals surface area contributed by atoms with E-state index in [0.717, 1.165) is 0 Å². The Hall–Kier alpha value is -1.99. The first-order valence-corrected chi connectivity index (χ1v) is 5.54. The number of anilines is 1. The molecular formula is C11H13F3N2O3. The molecule has 0 atom stereocenters. The molecule has 1 N–H and O–H groups in total. The summed E-state index contributed by atoms with van der Waals surface area (Å²) in [5.74, 6) is 0.242. The van der Waals surface area contributed by atoms with Crippen molar-refractivity contribution in [1.82, 2.24) is 0 Å². The Labute approximate surface area is 107 Å². The van der Waals surface area contributed by atoms with Crippen LogP contribution in [0.2, 0.25) is 0 Å². The van der Waals surface area contributed by atoms with Crippen molar-refractivity contribution in [2.75, 3.05) is 18.5 Å². The number of alkyl halides is 3. The standard InChI is InChI=1S/C11H13F3N2O3/c1-2-19-10-6-8(5-9(7-10)16(17)18)15-4-3-11(12,13)14/h5-7,15H,2-4H2,1H3. The molecule has 1 rings (SSSR count). The van der Waals surface area contributed by atoms with Crippen LogP contribution < -0.4 is 10.1 Å². The van der Waals surface area contributed by atoms with Crippen LogP contribution >= 0.6 is 0 Å². The number of benzene rings is 1. The minimum atomic E-state index is -4.27. The molecular weight excluding hydrogens is 265 g/mol. The zero-order chi connectivity index (χ0) is 14.5. The lowest BCUT2D eigenvalue weighted by Crippen LogP contribution is -2.14. The summed E-state index contributed by atoms with van der Waals surface area (Å²) in [4.78, 5) is 10.1. The van der Waals surface area contributed by atoms with Gasteiger partial charge in [-0.1, -0.05) is 0 Å². The predicted octanol–water partition coefficient (Wildman–Crippen LogP) is 3.36. The Morgan fingerprint density at radius 3 is 2.58 bits per heavy atom. The second kappa shape index (κ2) is 6.26. The van der Waals surface area contributed by atoms with E-state index in [9.17, 15) is 23.3 Å². The fourth-order valence-electron chi connectivity index (χ4n) is 1.39. The monoisotopic (exact) mass is 278 g/mol. The molecule has 5 nitrogen and oxygen atoms in total. The minimum Gasteiger partial charge on any atom is -0.494 e. The number of hydrogen-bond donors (Lipinski definition) is 1. The lowest BCUT2D eigenvalue weighted by molar-refractivity contribution is -0.384. The number of non-ortho nitro benzene ring substituents is 1. The van der Waals surface area contributed by atoms with E-state index < -0.39 is 17.5 Å². The van der Waals surface area contributed by atoms with Gasteiger partial charge in [-0.15, -0.1) is 0 Å². The van der Waals surface area contributed by atoms with Crippen LogP contribution in [-0.2, 0) is 0 Å². The van der Waals surface area contributed by atoms with Crippen molar-refractivity contribution >= 4 is 11.4 Å². The van der Waals surface area contributed by atoms with Crippen LogP contribution in [0.4, 0.5) is 24.5 Å². The van der Waals surface area contributed by atoms with E-state index in [1.165, 1.54) is 18.2 Å². The Balaban J connectivity index is 2.78. The number of hydrogen-bond acceptors (Lipinski definition) is 4. The van der Waals surface area contributed by atoms with Crippen molar-refractivity contribution in [2.45, 2.75) is 19.5 Å². The lowest BCUT2D eigenvalue weighted by Gasteiger charge is -2.10. The predicted molar refractivity (Wildman–Crippen MR) is 63.4 cm³/mol. The summed E-state index contributed by atoms with van der Waals surface area (Å²) in [6.45, 7) is 1.66. The smallest absolute Gasteiger partial charge is 0.390 e. The van der Waals surface area contributed by atoms with Crippen molar-refractivity contribution in [2.24, 2.45) is 0 Å². The van der Waals surface area contributed by atoms with E-state index in [0.29, 0.717) is 6.61 Å². The van der Waals surface area contributed by atoms with E-state index >= 15 is 0 Å². The highest BCUT2D eigenvalue weighted by molar-refractivity contribution is 5.56. The fraction of sp³-hybridized carbons (Fsp3) is 0.455. The van der Waals surface area contributed by atoms with E-state index in [1.54, 1.807) is 6.92 Å². The molecule has 0 saturated carbocycles. The molecule has 0 fully saturated rings. The van der Waals surface area contributed by atoms with Gasteiger partial charge < -0.3 is 10.1 Å². The first kappa shape index (κ1) is 15.1. The Morgan fingerprint density at radius 1 is 1.37 bits per heavy atom. The van der Waals surface area contributed by atoms with E-state index in [1.807, 2.05) is 0 Å². The molecule has 0 saturated heterocycles. The molecule has 0 aliphatic heterocycles. The van der Waals surface area contributed by atoms with Crippen LogP contribution in [0.25, 0.3) is 0 Å². The van der Waals surface area contributed by atoms with Crippen molar-refractivity contribution in [1.29, 1.82) is 0 Å². The van der Waals surface area contributed by atoms with Gasteiger partial charge in [0, 0.05) is 24.4 Å². The zero-order valence-electron chi connectivity index (χ0n) is 10.2. The highest BCUT2D eigenvalue weighted by atomic mass is 19.4. The van der Waals surface area contributed by atoms with Crippen molar-refractivity contribution in [3.8, 4) is 5.75 Å². The zero-order valence-corrected chi connectivity index (χ0v) is 10.2. The summed E-state index contributed by atoms with van der Waals surface area (Å²) in [6.07, 6.45) is -5.28. The Kier molecular flexibility index (Phi) is 4.96. The molecule has 1 aromatic carbocycles. The molecule has 0 spiro atoms. The van der Waals surface area contributed by atoms with Gasteiger partial charge in [0.15, 0.2) is 0 Å². The second-order valence-corrected chi connectivity index (χ2v) is 3.70. The summed E-state index contributed by atoms with van der Waals surface area (Å²) in [5, 5.41) is 13.2. The van der Waals surface area contributed by atoms with Crippen LogP contribution in [0.5, 0.6) is 5.75 Å². The van der Waals surface area contributed by atoms with Crippen LogP contribution in [0, 0.1) is 10.1 Å². The van der Waals surface area contributed by atoms with E-state index in [-0.39, 0.29) is 23.7 Å². The van der Waals surface area contributed by atoms with Gasteiger partial charge in [0.05, 0.1) is 24.0 Å². The van der Waals surface area contributed by atoms with Gasteiger partial charge in [0.2, 0.25) is 0 Å². The maximum Gasteiger partial charge on any atom is 0.390 e. The van der Waals surface area contributed by atoms with Crippen LogP contribution in [0.1, 0.15) is 13.3 Å². The van der Waals surface area contributed by atoms with Gasteiger partial charge in [-0.05, 0) is 6.92 Å². The van der Waals surface area contributed by atoms with E-state index in [4.69, 9.17) is 4.74 Å². The molecule has 0 radical (unpaired) electrons. The van der Waals surface area contributed by atoms with Gasteiger partial charge in [-0.2, -0.15) is 13.2 Å². The van der Waals surface area contributed by atoms with Crippen LogP contribution in [0.15, 0.2) is 18.2 Å². The SMILES string of the molecule is CCOc1cc(NCCC(F)(F)F)cc([N+](=O)[O-])c1. The Bertz CT molecular complexity index is 449. The highest BCUT2D eigenvalue weighted by Gasteiger charge is 2.26. The third-order valence-corrected chi connectivity index (χ3v) is 2.15. The van der Waals surface area contributed by atoms with Gasteiger partial charge in [0.1, 0.15) is 5.75 Å². The molecule has 19 heavy (non-hydrogen) atoms. The lowest BCUT2D eigenvalue weighted by atomic mass is 10.2. The van der Waals surface area contributed by atoms with Crippen LogP contribution in [0.3, 0.4) is 0 Å². The molecule has 0 unspecified atom stereocenters. The molecule has 1 aromatic rings. The molecule has 0 aromatic heterocycles. The quantitative estimate of drug-likeness (QED) is 0.640. The molecule has 0 heterocycles. The summed E-state index contributed by atoms with van der Waals surface area (Å²) in [6, 6.07) is 3.81. The molecule has 0 amide bonds. The molecule has 0 bridgehead atoms. The fourth-order valence-corrected chi connectivity index (χ4v) is 1.39. The van der Waals surface area contributed by atoms with Gasteiger partial charge in [0.25, 0.3) is 5.69 Å². The third-order valence-electron chi connectivity index (χ3n) is 2.15. The number of rotatable bonds is 6. The normalized spacial score (nSPS) is 11.2. The first-order valence-electron chi connectivity index (χ1n) is 5.54. The largest absolute Gasteiger partial charge is 0.494 e. The average molecular weight is 278 g/mol. The number of nitrogens with zero attached hydrogens (tertiary/aromatic N) is 1. The summed E-state index contributed by atoms with van der Waals surface area (Å²) in [5.41, 5.74) is -0.0117. The minimum absolute atomic E-state index is 0.224.